The molecule has 1 unspecified atom stereocenters. The van der Waals surface area contributed by atoms with Gasteiger partial charge in [-0.05, 0) is 18.8 Å². The zero-order chi connectivity index (χ0) is 15.1. The van der Waals surface area contributed by atoms with E-state index in [0.29, 0.717) is 32.0 Å². The summed E-state index contributed by atoms with van der Waals surface area (Å²) in [5.74, 6) is -0.555. The first-order valence-corrected chi connectivity index (χ1v) is 7.10. The first kappa shape index (κ1) is 16.3. The minimum absolute atomic E-state index is 0.000488. The Balaban J connectivity index is 2.71. The summed E-state index contributed by atoms with van der Waals surface area (Å²) in [7, 11) is 0. The van der Waals surface area contributed by atoms with Crippen LogP contribution in [0.3, 0.4) is 0 Å². The van der Waals surface area contributed by atoms with Crippen molar-refractivity contribution in [3.8, 4) is 6.07 Å². The van der Waals surface area contributed by atoms with Crippen LogP contribution in [0.4, 0.5) is 4.79 Å². The van der Waals surface area contributed by atoms with E-state index in [0.717, 1.165) is 12.8 Å². The van der Waals surface area contributed by atoms with E-state index in [2.05, 4.69) is 6.07 Å². The summed E-state index contributed by atoms with van der Waals surface area (Å²) in [6.07, 6.45) is 1.89. The number of amides is 2. The molecule has 20 heavy (non-hydrogen) atoms. The summed E-state index contributed by atoms with van der Waals surface area (Å²) in [4.78, 5) is 26.7. The molecule has 6 heteroatoms. The molecule has 1 atom stereocenters. The smallest absolute Gasteiger partial charge is 0.320 e. The Morgan fingerprint density at radius 3 is 2.75 bits per heavy atom. The van der Waals surface area contributed by atoms with Gasteiger partial charge >= 0.3 is 12.0 Å². The second-order valence-corrected chi connectivity index (χ2v) is 5.62. The van der Waals surface area contributed by atoms with Crippen molar-refractivity contribution in [1.82, 2.24) is 9.80 Å². The highest BCUT2D eigenvalue weighted by molar-refractivity contribution is 5.76. The van der Waals surface area contributed by atoms with Gasteiger partial charge in [-0.25, -0.2) is 4.79 Å². The van der Waals surface area contributed by atoms with Gasteiger partial charge in [0.15, 0.2) is 0 Å². The summed E-state index contributed by atoms with van der Waals surface area (Å²) in [6.45, 7) is 5.65. The van der Waals surface area contributed by atoms with Crippen molar-refractivity contribution in [3.63, 3.8) is 0 Å². The van der Waals surface area contributed by atoms with E-state index in [4.69, 9.17) is 10.4 Å². The number of hydrogen-bond acceptors (Lipinski definition) is 3. The van der Waals surface area contributed by atoms with Crippen molar-refractivity contribution < 1.29 is 14.7 Å². The predicted molar refractivity (Wildman–Crippen MR) is 74.0 cm³/mol. The molecule has 1 fully saturated rings. The maximum Gasteiger partial charge on any atom is 0.320 e. The van der Waals surface area contributed by atoms with Crippen LogP contribution in [0.25, 0.3) is 0 Å². The molecule has 0 spiro atoms. The minimum atomic E-state index is -0.873. The highest BCUT2D eigenvalue weighted by atomic mass is 16.4. The summed E-state index contributed by atoms with van der Waals surface area (Å²) in [5.41, 5.74) is 0. The van der Waals surface area contributed by atoms with Crippen molar-refractivity contribution in [2.45, 2.75) is 45.6 Å². The monoisotopic (exact) mass is 281 g/mol. The van der Waals surface area contributed by atoms with Gasteiger partial charge in [-0.3, -0.25) is 4.79 Å². The molecule has 0 aliphatic carbocycles. The molecule has 112 valence electrons. The fourth-order valence-electron chi connectivity index (χ4n) is 2.57. The molecule has 1 aliphatic heterocycles. The van der Waals surface area contributed by atoms with Gasteiger partial charge in [0.25, 0.3) is 0 Å². The molecule has 6 nitrogen and oxygen atoms in total. The quantitative estimate of drug-likeness (QED) is 0.806. The SMILES string of the molecule is CC(C)CN(CCC#N)C(=O)N1CCCC1CC(=O)O. The number of hydrogen-bond donors (Lipinski definition) is 1. The lowest BCUT2D eigenvalue weighted by Crippen LogP contribution is -2.47. The van der Waals surface area contributed by atoms with Gasteiger partial charge in [0.1, 0.15) is 0 Å². The average Bonchev–Trinajstić information content (AvgIpc) is 2.80. The Morgan fingerprint density at radius 2 is 2.20 bits per heavy atom. The molecule has 1 aliphatic rings. The van der Waals surface area contributed by atoms with Crippen LogP contribution in [0.2, 0.25) is 0 Å². The lowest BCUT2D eigenvalue weighted by Gasteiger charge is -2.32. The van der Waals surface area contributed by atoms with Gasteiger partial charge in [-0.1, -0.05) is 13.8 Å². The van der Waals surface area contributed by atoms with E-state index in [-0.39, 0.29) is 18.5 Å². The molecule has 0 radical (unpaired) electrons. The second kappa shape index (κ2) is 7.73. The number of carboxylic acid groups (broad SMARTS) is 1. The zero-order valence-electron chi connectivity index (χ0n) is 12.2. The van der Waals surface area contributed by atoms with Crippen molar-refractivity contribution in [1.29, 1.82) is 5.26 Å². The molecule has 0 aromatic rings. The number of rotatable bonds is 6. The summed E-state index contributed by atoms with van der Waals surface area (Å²) < 4.78 is 0. The van der Waals surface area contributed by atoms with Gasteiger partial charge in [-0.15, -0.1) is 0 Å². The highest BCUT2D eigenvalue weighted by Gasteiger charge is 2.33. The molecule has 0 saturated carbocycles. The van der Waals surface area contributed by atoms with Crippen LogP contribution in [0.1, 0.15) is 39.5 Å². The van der Waals surface area contributed by atoms with Crippen LogP contribution in [-0.4, -0.2) is 52.6 Å². The largest absolute Gasteiger partial charge is 0.481 e. The Bertz CT molecular complexity index is 390. The van der Waals surface area contributed by atoms with Gasteiger partial charge in [0, 0.05) is 25.7 Å². The standard InChI is InChI=1S/C14H23N3O3/c1-11(2)10-16(7-4-6-15)14(20)17-8-3-5-12(17)9-13(18)19/h11-12H,3-5,7-10H2,1-2H3,(H,18,19). The van der Waals surface area contributed by atoms with Crippen molar-refractivity contribution in [2.75, 3.05) is 19.6 Å². The first-order chi connectivity index (χ1) is 9.45. The molecule has 1 rings (SSSR count). The molecule has 1 N–H and O–H groups in total. The van der Waals surface area contributed by atoms with E-state index in [1.807, 2.05) is 13.8 Å². The Kier molecular flexibility index (Phi) is 6.29. The van der Waals surface area contributed by atoms with Gasteiger partial charge in [0.05, 0.1) is 18.9 Å². The summed E-state index contributed by atoms with van der Waals surface area (Å²) in [6, 6.07) is 1.72. The van der Waals surface area contributed by atoms with Crippen LogP contribution >= 0.6 is 0 Å². The topological polar surface area (TPSA) is 84.6 Å². The molecule has 1 saturated heterocycles. The second-order valence-electron chi connectivity index (χ2n) is 5.62. The number of carbonyl (C=O) groups is 2. The predicted octanol–water partition coefficient (Wildman–Crippen LogP) is 1.92. The van der Waals surface area contributed by atoms with Crippen LogP contribution in [-0.2, 0) is 4.79 Å². The van der Waals surface area contributed by atoms with E-state index in [9.17, 15) is 9.59 Å². The van der Waals surface area contributed by atoms with E-state index >= 15 is 0 Å². The maximum absolute atomic E-state index is 12.5. The van der Waals surface area contributed by atoms with Crippen molar-refractivity contribution in [3.05, 3.63) is 0 Å². The third-order valence-electron chi connectivity index (χ3n) is 3.38. The average molecular weight is 281 g/mol. The first-order valence-electron chi connectivity index (χ1n) is 7.10. The third kappa shape index (κ3) is 4.72. The molecule has 0 aromatic heterocycles. The van der Waals surface area contributed by atoms with Crippen LogP contribution in [0.5, 0.6) is 0 Å². The van der Waals surface area contributed by atoms with Crippen molar-refractivity contribution in [2.24, 2.45) is 5.92 Å². The minimum Gasteiger partial charge on any atom is -0.481 e. The van der Waals surface area contributed by atoms with Crippen LogP contribution < -0.4 is 0 Å². The fraction of sp³-hybridized carbons (Fsp3) is 0.786. The Morgan fingerprint density at radius 1 is 1.50 bits per heavy atom. The molecular formula is C14H23N3O3. The molecule has 0 aromatic carbocycles. The summed E-state index contributed by atoms with van der Waals surface area (Å²) >= 11 is 0. The van der Waals surface area contributed by atoms with Crippen LogP contribution in [0, 0.1) is 17.2 Å². The van der Waals surface area contributed by atoms with Gasteiger partial charge in [0.2, 0.25) is 0 Å². The number of urea groups is 1. The lowest BCUT2D eigenvalue weighted by molar-refractivity contribution is -0.138. The number of carboxylic acids is 1. The van der Waals surface area contributed by atoms with Gasteiger partial charge in [-0.2, -0.15) is 5.26 Å². The molecular weight excluding hydrogens is 258 g/mol. The molecule has 1 heterocycles. The lowest BCUT2D eigenvalue weighted by atomic mass is 10.1. The Hall–Kier alpha value is -1.77. The number of nitriles is 1. The molecule has 2 amide bonds. The number of likely N-dealkylation sites (tertiary alicyclic amines) is 1. The van der Waals surface area contributed by atoms with Gasteiger partial charge < -0.3 is 14.9 Å². The normalized spacial score (nSPS) is 18.1. The maximum atomic E-state index is 12.5. The number of carbonyl (C=O) groups excluding carboxylic acids is 1. The Labute approximate surface area is 120 Å². The third-order valence-corrected chi connectivity index (χ3v) is 3.38. The highest BCUT2D eigenvalue weighted by Crippen LogP contribution is 2.22. The van der Waals surface area contributed by atoms with E-state index in [1.54, 1.807) is 9.80 Å². The van der Waals surface area contributed by atoms with E-state index in [1.165, 1.54) is 0 Å². The number of nitrogens with zero attached hydrogens (tertiary/aromatic N) is 3. The number of aliphatic carboxylic acids is 1. The van der Waals surface area contributed by atoms with E-state index < -0.39 is 5.97 Å². The van der Waals surface area contributed by atoms with Crippen molar-refractivity contribution >= 4 is 12.0 Å². The zero-order valence-corrected chi connectivity index (χ0v) is 12.2. The molecule has 0 bridgehead atoms. The fourth-order valence-corrected chi connectivity index (χ4v) is 2.57. The summed E-state index contributed by atoms with van der Waals surface area (Å²) in [5, 5.41) is 17.6. The van der Waals surface area contributed by atoms with Crippen LogP contribution in [0.15, 0.2) is 0 Å².